The molecule has 1 aliphatic heterocycles. The number of aryl methyl sites for hydroxylation is 2. The summed E-state index contributed by atoms with van der Waals surface area (Å²) in [6.07, 6.45) is 0. The first kappa shape index (κ1) is 19.0. The van der Waals surface area contributed by atoms with Crippen molar-refractivity contribution < 1.29 is 14.2 Å². The molecule has 2 atom stereocenters. The van der Waals surface area contributed by atoms with Gasteiger partial charge in [-0.1, -0.05) is 32.9 Å². The summed E-state index contributed by atoms with van der Waals surface area (Å²) in [5.41, 5.74) is 4.45. The van der Waals surface area contributed by atoms with E-state index < -0.39 is 7.92 Å². The first-order valence-electron chi connectivity index (χ1n) is 9.02. The van der Waals surface area contributed by atoms with Crippen LogP contribution in [0.3, 0.4) is 0 Å². The van der Waals surface area contributed by atoms with Crippen LogP contribution in [0.2, 0.25) is 0 Å². The molecule has 0 spiro atoms. The molecule has 2 aromatic carbocycles. The van der Waals surface area contributed by atoms with Crippen molar-refractivity contribution >= 4 is 13.2 Å². The molecule has 0 fully saturated rings. The highest BCUT2D eigenvalue weighted by Crippen LogP contribution is 2.60. The van der Waals surface area contributed by atoms with Gasteiger partial charge in [-0.05, 0) is 57.1 Å². The van der Waals surface area contributed by atoms with Crippen LogP contribution in [0.1, 0.15) is 38.8 Å². The molecule has 0 saturated carbocycles. The average Bonchev–Trinajstić information content (AvgIpc) is 2.90. The van der Waals surface area contributed by atoms with Gasteiger partial charge in [0.1, 0.15) is 23.1 Å². The van der Waals surface area contributed by atoms with Gasteiger partial charge < -0.3 is 14.2 Å². The van der Waals surface area contributed by atoms with Gasteiger partial charge >= 0.3 is 0 Å². The van der Waals surface area contributed by atoms with Crippen molar-refractivity contribution in [1.29, 1.82) is 0 Å². The van der Waals surface area contributed by atoms with Crippen molar-refractivity contribution in [3.63, 3.8) is 0 Å². The van der Waals surface area contributed by atoms with E-state index in [2.05, 4.69) is 65.8 Å². The van der Waals surface area contributed by atoms with Crippen molar-refractivity contribution in [2.75, 3.05) is 14.2 Å². The zero-order valence-electron chi connectivity index (χ0n) is 17.1. The zero-order chi connectivity index (χ0) is 19.2. The van der Waals surface area contributed by atoms with Crippen molar-refractivity contribution in [2.24, 2.45) is 0 Å². The summed E-state index contributed by atoms with van der Waals surface area (Å²) < 4.78 is 17.9. The second kappa shape index (κ2) is 6.78. The lowest BCUT2D eigenvalue weighted by Crippen LogP contribution is -2.23. The minimum absolute atomic E-state index is 0.148. The molecule has 0 aliphatic carbocycles. The second-order valence-electron chi connectivity index (χ2n) is 7.86. The van der Waals surface area contributed by atoms with E-state index in [1.165, 1.54) is 10.9 Å². The van der Waals surface area contributed by atoms with E-state index >= 15 is 0 Å². The minimum Gasteiger partial charge on any atom is -0.496 e. The van der Waals surface area contributed by atoms with Gasteiger partial charge in [-0.3, -0.25) is 0 Å². The van der Waals surface area contributed by atoms with Gasteiger partial charge in [0.15, 0.2) is 0 Å². The van der Waals surface area contributed by atoms with E-state index in [0.717, 1.165) is 33.9 Å². The van der Waals surface area contributed by atoms with Gasteiger partial charge in [-0.2, -0.15) is 0 Å². The molecular weight excluding hydrogens is 343 g/mol. The van der Waals surface area contributed by atoms with Gasteiger partial charge in [0.25, 0.3) is 0 Å². The minimum atomic E-state index is -0.495. The Balaban J connectivity index is 2.37. The Bertz CT molecular complexity index is 808. The first-order valence-corrected chi connectivity index (χ1v) is 10.4. The lowest BCUT2D eigenvalue weighted by atomic mass is 9.97. The molecule has 0 radical (unpaired) electrons. The Morgan fingerprint density at radius 1 is 1.00 bits per heavy atom. The van der Waals surface area contributed by atoms with E-state index in [-0.39, 0.29) is 11.0 Å². The second-order valence-corrected chi connectivity index (χ2v) is 11.1. The molecule has 2 aromatic rings. The van der Waals surface area contributed by atoms with Crippen LogP contribution in [0.5, 0.6) is 17.2 Å². The van der Waals surface area contributed by atoms with Gasteiger partial charge in [0.05, 0.1) is 19.8 Å². The number of fused-ring (bicyclic) bond motifs is 1. The van der Waals surface area contributed by atoms with Gasteiger partial charge in [-0.25, -0.2) is 0 Å². The van der Waals surface area contributed by atoms with Gasteiger partial charge in [0.2, 0.25) is 0 Å². The smallest absolute Gasteiger partial charge is 0.133 e. The summed E-state index contributed by atoms with van der Waals surface area (Å²) in [5, 5.41) is 1.47. The number of hydrogen-bond donors (Lipinski definition) is 0. The maximum atomic E-state index is 6.26. The lowest BCUT2D eigenvalue weighted by Gasteiger charge is -2.31. The topological polar surface area (TPSA) is 27.7 Å². The number of benzene rings is 2. The fraction of sp³-hybridized carbons (Fsp3) is 0.455. The third-order valence-corrected chi connectivity index (χ3v) is 8.13. The molecule has 0 saturated heterocycles. The molecule has 3 rings (SSSR count). The van der Waals surface area contributed by atoms with E-state index in [1.54, 1.807) is 14.2 Å². The van der Waals surface area contributed by atoms with Crippen LogP contribution >= 0.6 is 7.92 Å². The molecule has 1 aliphatic rings. The fourth-order valence-electron chi connectivity index (χ4n) is 4.09. The molecule has 0 bridgehead atoms. The van der Waals surface area contributed by atoms with Crippen molar-refractivity contribution in [3.05, 3.63) is 35.4 Å². The van der Waals surface area contributed by atoms with Crippen LogP contribution in [0.25, 0.3) is 11.1 Å². The molecule has 3 nitrogen and oxygen atoms in total. The molecule has 1 heterocycles. The van der Waals surface area contributed by atoms with E-state index in [1.807, 2.05) is 0 Å². The summed E-state index contributed by atoms with van der Waals surface area (Å²) in [5.74, 6) is 2.96. The Kier molecular flexibility index (Phi) is 4.96. The highest BCUT2D eigenvalue weighted by atomic mass is 31.1. The van der Waals surface area contributed by atoms with Crippen LogP contribution in [-0.4, -0.2) is 25.2 Å². The molecule has 0 amide bonds. The third kappa shape index (κ3) is 2.97. The summed E-state index contributed by atoms with van der Waals surface area (Å²) in [4.78, 5) is 0. The van der Waals surface area contributed by atoms with Crippen molar-refractivity contribution in [1.82, 2.24) is 0 Å². The molecule has 140 valence electrons. The molecule has 0 N–H and O–H groups in total. The Morgan fingerprint density at radius 3 is 2.08 bits per heavy atom. The van der Waals surface area contributed by atoms with Crippen LogP contribution in [-0.2, 0) is 0 Å². The van der Waals surface area contributed by atoms with Gasteiger partial charge in [-0.15, -0.1) is 0 Å². The monoisotopic (exact) mass is 372 g/mol. The molecule has 26 heavy (non-hydrogen) atoms. The van der Waals surface area contributed by atoms with Crippen molar-refractivity contribution in [3.8, 4) is 28.4 Å². The maximum Gasteiger partial charge on any atom is 0.133 e. The van der Waals surface area contributed by atoms with E-state index in [9.17, 15) is 0 Å². The molecule has 0 unspecified atom stereocenters. The van der Waals surface area contributed by atoms with Crippen LogP contribution in [0, 0.1) is 13.8 Å². The standard InChI is InChI=1S/C22H29O3P/c1-13-12-14(2)20(24-8)18(19(13)23-7)16-10-9-11-17-21(16)26(15(3)25-17)22(4,5)6/h9-12,15H,1-8H3/t15-,26-/m0/s1. The zero-order valence-corrected chi connectivity index (χ0v) is 18.0. The number of methoxy groups -OCH3 is 2. The SMILES string of the molecule is COc1c(C)cc(C)c(OC)c1-c1cccc2c1[P@@](C(C)(C)C)[C@@H](C)O2. The summed E-state index contributed by atoms with van der Waals surface area (Å²) in [6, 6.07) is 8.46. The summed E-state index contributed by atoms with van der Waals surface area (Å²) in [6.45, 7) is 13.3. The number of ether oxygens (including phenoxy) is 3. The summed E-state index contributed by atoms with van der Waals surface area (Å²) in [7, 11) is 2.97. The van der Waals surface area contributed by atoms with E-state index in [0.29, 0.717) is 0 Å². The average molecular weight is 372 g/mol. The van der Waals surface area contributed by atoms with E-state index in [4.69, 9.17) is 14.2 Å². The largest absolute Gasteiger partial charge is 0.496 e. The first-order chi connectivity index (χ1) is 12.2. The highest BCUT2D eigenvalue weighted by molar-refractivity contribution is 7.68. The van der Waals surface area contributed by atoms with Crippen LogP contribution in [0.15, 0.2) is 24.3 Å². The van der Waals surface area contributed by atoms with Crippen LogP contribution in [0.4, 0.5) is 0 Å². The predicted molar refractivity (Wildman–Crippen MR) is 111 cm³/mol. The third-order valence-electron chi connectivity index (χ3n) is 4.90. The number of hydrogen-bond acceptors (Lipinski definition) is 3. The quantitative estimate of drug-likeness (QED) is 0.654. The Morgan fingerprint density at radius 2 is 1.58 bits per heavy atom. The fourth-order valence-corrected chi connectivity index (χ4v) is 7.25. The Labute approximate surface area is 158 Å². The predicted octanol–water partition coefficient (Wildman–Crippen LogP) is 5.63. The summed E-state index contributed by atoms with van der Waals surface area (Å²) >= 11 is 0. The molecule has 0 aromatic heterocycles. The van der Waals surface area contributed by atoms with Crippen molar-refractivity contribution in [2.45, 2.75) is 52.5 Å². The van der Waals surface area contributed by atoms with Crippen LogP contribution < -0.4 is 19.5 Å². The van der Waals surface area contributed by atoms with Gasteiger partial charge in [0, 0.05) is 10.9 Å². The lowest BCUT2D eigenvalue weighted by molar-refractivity contribution is 0.313. The number of rotatable bonds is 3. The molecule has 4 heteroatoms. The maximum absolute atomic E-state index is 6.26. The highest BCUT2D eigenvalue weighted by Gasteiger charge is 2.41. The molecular formula is C22H29O3P. The Hall–Kier alpha value is -1.73. The normalized spacial score (nSPS) is 19.1.